The lowest BCUT2D eigenvalue weighted by atomic mass is 10.2. The summed E-state index contributed by atoms with van der Waals surface area (Å²) in [4.78, 5) is 11.2. The first kappa shape index (κ1) is 12.9. The van der Waals surface area contributed by atoms with Gasteiger partial charge in [0.2, 0.25) is 0 Å². The Kier molecular flexibility index (Phi) is 3.52. The highest BCUT2D eigenvalue weighted by atomic mass is 79.9. The van der Waals surface area contributed by atoms with Gasteiger partial charge < -0.3 is 4.42 Å². The molecule has 0 aliphatic carbocycles. The van der Waals surface area contributed by atoms with Crippen LogP contribution in [-0.4, -0.2) is 16.1 Å². The van der Waals surface area contributed by atoms with E-state index in [1.807, 2.05) is 30.3 Å². The first-order valence-corrected chi connectivity index (χ1v) is 6.88. The van der Waals surface area contributed by atoms with E-state index >= 15 is 0 Å². The predicted octanol–water partition coefficient (Wildman–Crippen LogP) is 3.77. The zero-order chi connectivity index (χ0) is 13.9. The Morgan fingerprint density at radius 1 is 1.20 bits per heavy atom. The Bertz CT molecular complexity index is 731. The Balaban J connectivity index is 1.95. The van der Waals surface area contributed by atoms with Crippen LogP contribution in [0.15, 0.2) is 57.7 Å². The molecule has 0 bridgehead atoms. The normalized spacial score (nSPS) is 10.7. The van der Waals surface area contributed by atoms with Crippen molar-refractivity contribution in [3.63, 3.8) is 0 Å². The van der Waals surface area contributed by atoms with Crippen LogP contribution in [-0.2, 0) is 6.54 Å². The topological polar surface area (TPSA) is 48.0 Å². The quantitative estimate of drug-likeness (QED) is 0.684. The number of nitrogens with zero attached hydrogens (tertiary/aromatic N) is 2. The molecule has 0 saturated heterocycles. The summed E-state index contributed by atoms with van der Waals surface area (Å²) in [5, 5.41) is 4.43. The monoisotopic (exact) mass is 330 g/mol. The zero-order valence-corrected chi connectivity index (χ0v) is 12.1. The number of carbonyl (C=O) groups is 1. The van der Waals surface area contributed by atoms with Crippen molar-refractivity contribution < 1.29 is 9.21 Å². The molecule has 0 fully saturated rings. The lowest BCUT2D eigenvalue weighted by molar-refractivity contribution is 0.112. The minimum atomic E-state index is 0.516. The number of halogens is 1. The van der Waals surface area contributed by atoms with Crippen LogP contribution in [0.2, 0.25) is 0 Å². The molecule has 1 aromatic carbocycles. The van der Waals surface area contributed by atoms with Crippen molar-refractivity contribution in [3.8, 4) is 11.5 Å². The molecular weight excluding hydrogens is 320 g/mol. The number of hydrogen-bond donors (Lipinski definition) is 0. The molecule has 2 aromatic heterocycles. The molecule has 0 radical (unpaired) electrons. The highest BCUT2D eigenvalue weighted by Gasteiger charge is 2.14. The Morgan fingerprint density at radius 3 is 2.65 bits per heavy atom. The lowest BCUT2D eigenvalue weighted by Gasteiger charge is -2.00. The van der Waals surface area contributed by atoms with Crippen LogP contribution in [0.3, 0.4) is 0 Å². The molecule has 0 atom stereocenters. The zero-order valence-electron chi connectivity index (χ0n) is 10.5. The highest BCUT2D eigenvalue weighted by Crippen LogP contribution is 2.26. The number of aldehydes is 1. The van der Waals surface area contributed by atoms with Crippen molar-refractivity contribution in [1.29, 1.82) is 0 Å². The van der Waals surface area contributed by atoms with Crippen molar-refractivity contribution in [2.24, 2.45) is 0 Å². The van der Waals surface area contributed by atoms with Gasteiger partial charge in [0.05, 0.1) is 12.1 Å². The number of aromatic nitrogens is 2. The number of rotatable bonds is 4. The Hall–Kier alpha value is -2.14. The molecule has 100 valence electrons. The van der Waals surface area contributed by atoms with Crippen LogP contribution < -0.4 is 0 Å². The van der Waals surface area contributed by atoms with E-state index in [1.165, 1.54) is 0 Å². The van der Waals surface area contributed by atoms with Crippen LogP contribution in [0.25, 0.3) is 11.5 Å². The van der Waals surface area contributed by atoms with Gasteiger partial charge in [0, 0.05) is 6.20 Å². The van der Waals surface area contributed by atoms with Crippen molar-refractivity contribution in [3.05, 3.63) is 64.5 Å². The van der Waals surface area contributed by atoms with Gasteiger partial charge in [-0.15, -0.1) is 0 Å². The molecule has 0 aliphatic rings. The minimum Gasteiger partial charge on any atom is -0.448 e. The van der Waals surface area contributed by atoms with E-state index in [4.69, 9.17) is 4.42 Å². The van der Waals surface area contributed by atoms with E-state index in [0.29, 0.717) is 28.2 Å². The number of benzene rings is 1. The second-order valence-corrected chi connectivity index (χ2v) is 5.12. The van der Waals surface area contributed by atoms with Crippen molar-refractivity contribution in [1.82, 2.24) is 9.78 Å². The van der Waals surface area contributed by atoms with E-state index in [2.05, 4.69) is 21.0 Å². The third-order valence-corrected chi connectivity index (χ3v) is 3.34. The van der Waals surface area contributed by atoms with Gasteiger partial charge in [0.15, 0.2) is 16.7 Å². The van der Waals surface area contributed by atoms with E-state index in [-0.39, 0.29) is 0 Å². The smallest absolute Gasteiger partial charge is 0.169 e. The third-order valence-electron chi connectivity index (χ3n) is 2.91. The second-order valence-electron chi connectivity index (χ2n) is 4.34. The van der Waals surface area contributed by atoms with Gasteiger partial charge in [-0.05, 0) is 33.6 Å². The van der Waals surface area contributed by atoms with Crippen molar-refractivity contribution in [2.45, 2.75) is 6.54 Å². The summed E-state index contributed by atoms with van der Waals surface area (Å²) in [6, 6.07) is 13.5. The summed E-state index contributed by atoms with van der Waals surface area (Å²) >= 11 is 3.25. The van der Waals surface area contributed by atoms with Crippen LogP contribution in [0.5, 0.6) is 0 Å². The van der Waals surface area contributed by atoms with Gasteiger partial charge in [-0.25, -0.2) is 0 Å². The van der Waals surface area contributed by atoms with E-state index < -0.39 is 0 Å². The number of carbonyl (C=O) groups excluding carboxylic acids is 1. The molecule has 0 aliphatic heterocycles. The van der Waals surface area contributed by atoms with E-state index in [9.17, 15) is 4.79 Å². The Labute approximate surface area is 124 Å². The molecule has 3 aromatic rings. The van der Waals surface area contributed by atoms with Crippen molar-refractivity contribution >= 4 is 22.2 Å². The summed E-state index contributed by atoms with van der Waals surface area (Å²) < 4.78 is 7.81. The Morgan fingerprint density at radius 2 is 2.00 bits per heavy atom. The van der Waals surface area contributed by atoms with E-state index in [1.54, 1.807) is 23.0 Å². The molecule has 5 heteroatoms. The first-order valence-electron chi connectivity index (χ1n) is 6.08. The maximum Gasteiger partial charge on any atom is 0.169 e. The number of furan rings is 1. The van der Waals surface area contributed by atoms with Gasteiger partial charge in [-0.3, -0.25) is 9.48 Å². The van der Waals surface area contributed by atoms with Gasteiger partial charge in [-0.2, -0.15) is 5.10 Å². The van der Waals surface area contributed by atoms with E-state index in [0.717, 1.165) is 11.8 Å². The van der Waals surface area contributed by atoms with Gasteiger partial charge in [0.1, 0.15) is 5.69 Å². The molecule has 20 heavy (non-hydrogen) atoms. The summed E-state index contributed by atoms with van der Waals surface area (Å²) in [6.07, 6.45) is 2.52. The molecule has 2 heterocycles. The summed E-state index contributed by atoms with van der Waals surface area (Å²) in [7, 11) is 0. The molecule has 4 nitrogen and oxygen atoms in total. The maximum absolute atomic E-state index is 11.2. The van der Waals surface area contributed by atoms with Crippen LogP contribution in [0.4, 0.5) is 0 Å². The largest absolute Gasteiger partial charge is 0.448 e. The lowest BCUT2D eigenvalue weighted by Crippen LogP contribution is -1.99. The van der Waals surface area contributed by atoms with Gasteiger partial charge >= 0.3 is 0 Å². The predicted molar refractivity (Wildman–Crippen MR) is 78.6 cm³/mol. The summed E-state index contributed by atoms with van der Waals surface area (Å²) in [6.45, 7) is 0.615. The average Bonchev–Trinajstić information content (AvgIpc) is 3.06. The number of hydrogen-bond acceptors (Lipinski definition) is 3. The molecular formula is C15H11BrN2O2. The standard InChI is InChI=1S/C15H11BrN2O2/c16-14-7-6-13(20-14)15-12(10-19)9-18(17-15)8-11-4-2-1-3-5-11/h1-7,9-10H,8H2. The molecule has 0 unspecified atom stereocenters. The molecule has 0 saturated carbocycles. The minimum absolute atomic E-state index is 0.516. The average molecular weight is 331 g/mol. The highest BCUT2D eigenvalue weighted by molar-refractivity contribution is 9.10. The van der Waals surface area contributed by atoms with Crippen LogP contribution in [0.1, 0.15) is 15.9 Å². The van der Waals surface area contributed by atoms with Gasteiger partial charge in [0.25, 0.3) is 0 Å². The molecule has 3 rings (SSSR count). The molecule has 0 spiro atoms. The molecule has 0 amide bonds. The summed E-state index contributed by atoms with van der Waals surface area (Å²) in [5.74, 6) is 0.575. The van der Waals surface area contributed by atoms with Crippen LogP contribution in [0, 0.1) is 0 Å². The molecule has 0 N–H and O–H groups in total. The SMILES string of the molecule is O=Cc1cn(Cc2ccccc2)nc1-c1ccc(Br)o1. The summed E-state index contributed by atoms with van der Waals surface area (Å²) in [5.41, 5.74) is 2.20. The van der Waals surface area contributed by atoms with Crippen molar-refractivity contribution in [2.75, 3.05) is 0 Å². The second kappa shape index (κ2) is 5.46. The third kappa shape index (κ3) is 2.58. The fourth-order valence-corrected chi connectivity index (χ4v) is 2.31. The first-order chi connectivity index (χ1) is 9.76. The van der Waals surface area contributed by atoms with Gasteiger partial charge in [-0.1, -0.05) is 30.3 Å². The fraction of sp³-hybridized carbons (Fsp3) is 0.0667. The van der Waals surface area contributed by atoms with Crippen LogP contribution >= 0.6 is 15.9 Å². The maximum atomic E-state index is 11.2. The fourth-order valence-electron chi connectivity index (χ4n) is 2.01.